The highest BCUT2D eigenvalue weighted by Gasteiger charge is 2.30. The van der Waals surface area contributed by atoms with E-state index in [1.54, 1.807) is 12.1 Å². The molecule has 0 aliphatic heterocycles. The molecule has 0 radical (unpaired) electrons. The van der Waals surface area contributed by atoms with Crippen molar-refractivity contribution in [2.75, 3.05) is 0 Å². The number of halogens is 2. The fraction of sp³-hybridized carbons (Fsp3) is 0. The third-order valence-corrected chi connectivity index (χ3v) is 7.03. The molecule has 0 N–H and O–H groups in total. The molecule has 2 aliphatic carbocycles. The number of carbonyl (C=O) groups is 2. The van der Waals surface area contributed by atoms with Gasteiger partial charge in [-0.25, -0.2) is 0 Å². The summed E-state index contributed by atoms with van der Waals surface area (Å²) in [7, 11) is 0. The maximum atomic E-state index is 13.2. The largest absolute Gasteiger partial charge is 0.289 e. The van der Waals surface area contributed by atoms with E-state index in [0.717, 1.165) is 33.4 Å². The number of ketones is 2. The van der Waals surface area contributed by atoms with Gasteiger partial charge in [0.2, 0.25) is 0 Å². The normalized spacial score (nSPS) is 16.2. The van der Waals surface area contributed by atoms with Gasteiger partial charge in [-0.2, -0.15) is 0 Å². The van der Waals surface area contributed by atoms with Crippen LogP contribution < -0.4 is 0 Å². The van der Waals surface area contributed by atoms with Crippen molar-refractivity contribution in [3.63, 3.8) is 0 Å². The minimum atomic E-state index is -0.0771. The molecule has 0 bridgehead atoms. The molecule has 0 fully saturated rings. The summed E-state index contributed by atoms with van der Waals surface area (Å²) in [4.78, 5) is 26.4. The van der Waals surface area contributed by atoms with E-state index < -0.39 is 0 Å². The van der Waals surface area contributed by atoms with Crippen LogP contribution in [0.15, 0.2) is 97.1 Å². The van der Waals surface area contributed by atoms with Gasteiger partial charge in [-0.05, 0) is 45.5 Å². The Morgan fingerprint density at radius 2 is 0.794 bits per heavy atom. The molecule has 0 atom stereocenters. The van der Waals surface area contributed by atoms with Crippen molar-refractivity contribution in [1.29, 1.82) is 0 Å². The van der Waals surface area contributed by atoms with Gasteiger partial charge in [0.1, 0.15) is 0 Å². The Morgan fingerprint density at radius 1 is 0.441 bits per heavy atom. The average molecular weight is 479 g/mol. The molecule has 0 aromatic heterocycles. The predicted molar refractivity (Wildman–Crippen MR) is 137 cm³/mol. The topological polar surface area (TPSA) is 34.1 Å². The molecule has 0 saturated carbocycles. The second-order valence-electron chi connectivity index (χ2n) is 8.23. The molecule has 4 aromatic carbocycles. The smallest absolute Gasteiger partial charge is 0.195 e. The first-order valence-electron chi connectivity index (χ1n) is 10.8. The Balaban J connectivity index is 1.64. The van der Waals surface area contributed by atoms with E-state index in [1.807, 2.05) is 84.9 Å². The molecule has 0 heterocycles. The molecule has 6 rings (SSSR count). The molecule has 2 nitrogen and oxygen atoms in total. The zero-order valence-electron chi connectivity index (χ0n) is 17.8. The Bertz CT molecular complexity index is 1490. The molecule has 0 amide bonds. The minimum absolute atomic E-state index is 0.0771. The van der Waals surface area contributed by atoms with E-state index >= 15 is 0 Å². The Morgan fingerprint density at radius 3 is 1.21 bits per heavy atom. The highest BCUT2D eigenvalue weighted by molar-refractivity contribution is 6.37. The van der Waals surface area contributed by atoms with Crippen LogP contribution in [-0.4, -0.2) is 11.6 Å². The summed E-state index contributed by atoms with van der Waals surface area (Å²) in [6.45, 7) is 0. The first-order chi connectivity index (χ1) is 16.6. The van der Waals surface area contributed by atoms with Crippen molar-refractivity contribution in [1.82, 2.24) is 0 Å². The summed E-state index contributed by atoms with van der Waals surface area (Å²) in [5.74, 6) is -0.154. The highest BCUT2D eigenvalue weighted by Crippen LogP contribution is 2.41. The van der Waals surface area contributed by atoms with Crippen LogP contribution in [0.25, 0.3) is 11.1 Å². The second kappa shape index (κ2) is 7.95. The van der Waals surface area contributed by atoms with Crippen LogP contribution in [0.2, 0.25) is 10.0 Å². The summed E-state index contributed by atoms with van der Waals surface area (Å²) >= 11 is 12.9. The zero-order chi connectivity index (χ0) is 23.4. The third kappa shape index (κ3) is 3.03. The van der Waals surface area contributed by atoms with Gasteiger partial charge in [-0.3, -0.25) is 9.59 Å². The fourth-order valence-electron chi connectivity index (χ4n) is 4.88. The van der Waals surface area contributed by atoms with Crippen molar-refractivity contribution in [2.45, 2.75) is 0 Å². The maximum absolute atomic E-state index is 13.2. The summed E-state index contributed by atoms with van der Waals surface area (Å²) in [5.41, 5.74) is 7.35. The van der Waals surface area contributed by atoms with Gasteiger partial charge < -0.3 is 0 Å². The molecule has 4 heteroatoms. The van der Waals surface area contributed by atoms with Crippen LogP contribution in [0, 0.1) is 0 Å². The number of hydrogen-bond donors (Lipinski definition) is 0. The number of hydrogen-bond acceptors (Lipinski definition) is 2. The standard InChI is InChI=1S/C30H16Cl2O2/c31-25-13-5-11-21-19(17-7-1-3-9-23(17)29(33)27(21)25)15-16-20-18-8-2-4-10-24(18)30(34)28-22(20)12-6-14-26(28)32/h1-16H. The van der Waals surface area contributed by atoms with E-state index in [0.29, 0.717) is 32.3 Å². The van der Waals surface area contributed by atoms with Crippen LogP contribution in [0.5, 0.6) is 0 Å². The SMILES string of the molecule is O=C1c2ccccc2C(=CC=C2c3ccccc3C(=O)c3c(Cl)cccc32)c2cccc(Cl)c21. The van der Waals surface area contributed by atoms with Crippen molar-refractivity contribution in [2.24, 2.45) is 0 Å². The van der Waals surface area contributed by atoms with Gasteiger partial charge in [0, 0.05) is 22.3 Å². The predicted octanol–water partition coefficient (Wildman–Crippen LogP) is 7.65. The van der Waals surface area contributed by atoms with Crippen LogP contribution >= 0.6 is 23.2 Å². The van der Waals surface area contributed by atoms with Gasteiger partial charge >= 0.3 is 0 Å². The fourth-order valence-corrected chi connectivity index (χ4v) is 5.40. The zero-order valence-corrected chi connectivity index (χ0v) is 19.3. The molecule has 0 spiro atoms. The number of carbonyl (C=O) groups excluding carboxylic acids is 2. The van der Waals surface area contributed by atoms with Crippen LogP contribution in [0.1, 0.15) is 54.1 Å². The van der Waals surface area contributed by atoms with Crippen LogP contribution in [-0.2, 0) is 0 Å². The molecule has 162 valence electrons. The van der Waals surface area contributed by atoms with Gasteiger partial charge in [-0.1, -0.05) is 108 Å². The number of benzene rings is 4. The summed E-state index contributed by atoms with van der Waals surface area (Å²) in [5, 5.41) is 0.864. The molecule has 0 saturated heterocycles. The minimum Gasteiger partial charge on any atom is -0.289 e. The number of allylic oxidation sites excluding steroid dienone is 2. The lowest BCUT2D eigenvalue weighted by Crippen LogP contribution is -2.15. The summed E-state index contributed by atoms with van der Waals surface area (Å²) in [6.07, 6.45) is 4.01. The summed E-state index contributed by atoms with van der Waals surface area (Å²) in [6, 6.07) is 26.1. The monoisotopic (exact) mass is 478 g/mol. The average Bonchev–Trinajstić information content (AvgIpc) is 2.85. The quantitative estimate of drug-likeness (QED) is 0.243. The lowest BCUT2D eigenvalue weighted by atomic mass is 9.79. The van der Waals surface area contributed by atoms with Gasteiger partial charge in [0.25, 0.3) is 0 Å². The second-order valence-corrected chi connectivity index (χ2v) is 9.05. The summed E-state index contributed by atoms with van der Waals surface area (Å²) < 4.78 is 0. The van der Waals surface area contributed by atoms with Crippen LogP contribution in [0.4, 0.5) is 0 Å². The Labute approximate surface area is 206 Å². The third-order valence-electron chi connectivity index (χ3n) is 6.40. The van der Waals surface area contributed by atoms with Crippen molar-refractivity contribution < 1.29 is 9.59 Å². The van der Waals surface area contributed by atoms with Gasteiger partial charge in [0.05, 0.1) is 10.0 Å². The molecule has 0 unspecified atom stereocenters. The number of rotatable bonds is 1. The lowest BCUT2D eigenvalue weighted by Gasteiger charge is -2.24. The highest BCUT2D eigenvalue weighted by atomic mass is 35.5. The lowest BCUT2D eigenvalue weighted by molar-refractivity contribution is 0.102. The van der Waals surface area contributed by atoms with E-state index in [2.05, 4.69) is 0 Å². The Kier molecular flexibility index (Phi) is 4.88. The molecule has 4 aromatic rings. The molecule has 34 heavy (non-hydrogen) atoms. The maximum Gasteiger partial charge on any atom is 0.195 e. The number of fused-ring (bicyclic) bond motifs is 4. The van der Waals surface area contributed by atoms with Crippen molar-refractivity contribution in [3.8, 4) is 0 Å². The van der Waals surface area contributed by atoms with Crippen LogP contribution in [0.3, 0.4) is 0 Å². The van der Waals surface area contributed by atoms with Gasteiger partial charge in [0.15, 0.2) is 11.6 Å². The van der Waals surface area contributed by atoms with E-state index in [1.165, 1.54) is 0 Å². The van der Waals surface area contributed by atoms with Crippen molar-refractivity contribution >= 4 is 45.9 Å². The first-order valence-corrected chi connectivity index (χ1v) is 11.6. The van der Waals surface area contributed by atoms with Gasteiger partial charge in [-0.15, -0.1) is 0 Å². The van der Waals surface area contributed by atoms with E-state index in [4.69, 9.17) is 23.2 Å². The molecular weight excluding hydrogens is 463 g/mol. The van der Waals surface area contributed by atoms with E-state index in [9.17, 15) is 9.59 Å². The first kappa shape index (κ1) is 20.9. The Hall–Kier alpha value is -3.72. The molecule has 2 aliphatic rings. The molecular formula is C30H16Cl2O2. The van der Waals surface area contributed by atoms with E-state index in [-0.39, 0.29) is 11.6 Å². The van der Waals surface area contributed by atoms with Crippen molar-refractivity contribution in [3.05, 3.63) is 152 Å².